The van der Waals surface area contributed by atoms with Gasteiger partial charge in [-0.15, -0.1) is 11.3 Å². The minimum Gasteiger partial charge on any atom is -0.461 e. The second-order valence-corrected chi connectivity index (χ2v) is 6.27. The van der Waals surface area contributed by atoms with Crippen molar-refractivity contribution in [1.82, 2.24) is 19.5 Å². The van der Waals surface area contributed by atoms with E-state index in [1.54, 1.807) is 26.4 Å². The van der Waals surface area contributed by atoms with Crippen molar-refractivity contribution in [2.75, 3.05) is 19.0 Å². The van der Waals surface area contributed by atoms with Gasteiger partial charge in [-0.25, -0.2) is 14.8 Å². The van der Waals surface area contributed by atoms with Crippen LogP contribution in [-0.2, 0) is 11.3 Å². The van der Waals surface area contributed by atoms with Crippen molar-refractivity contribution in [1.29, 1.82) is 0 Å². The van der Waals surface area contributed by atoms with Crippen molar-refractivity contribution in [2.45, 2.75) is 13.5 Å². The minimum atomic E-state index is -0.404. The first-order valence-electron chi connectivity index (χ1n) is 8.19. The third kappa shape index (κ3) is 4.29. The fraction of sp³-hybridized carbons (Fsp3) is 0.235. The van der Waals surface area contributed by atoms with Crippen LogP contribution in [0.5, 0.6) is 0 Å². The molecule has 27 heavy (non-hydrogen) atoms. The smallest absolute Gasteiger partial charge is 0.367 e. The van der Waals surface area contributed by atoms with Gasteiger partial charge in [0, 0.05) is 42.6 Å². The van der Waals surface area contributed by atoms with E-state index in [-0.39, 0.29) is 0 Å². The van der Waals surface area contributed by atoms with Gasteiger partial charge in [-0.3, -0.25) is 4.99 Å². The maximum Gasteiger partial charge on any atom is 0.367 e. The van der Waals surface area contributed by atoms with Gasteiger partial charge in [-0.05, 0) is 13.0 Å². The molecule has 0 saturated carbocycles. The van der Waals surface area contributed by atoms with Crippen LogP contribution < -0.4 is 11.1 Å². The zero-order chi connectivity index (χ0) is 19.2. The summed E-state index contributed by atoms with van der Waals surface area (Å²) in [6.45, 7) is 2.57. The van der Waals surface area contributed by atoms with Crippen LogP contribution in [0.1, 0.15) is 22.4 Å². The molecule has 0 spiro atoms. The van der Waals surface area contributed by atoms with Gasteiger partial charge in [0.1, 0.15) is 5.65 Å². The predicted molar refractivity (Wildman–Crippen MR) is 105 cm³/mol. The molecular formula is C17H19N7O2S. The second-order valence-electron chi connectivity index (χ2n) is 5.41. The molecule has 0 bridgehead atoms. The van der Waals surface area contributed by atoms with Crippen molar-refractivity contribution >= 4 is 40.5 Å². The molecule has 0 aliphatic carbocycles. The van der Waals surface area contributed by atoms with Crippen molar-refractivity contribution in [3.05, 3.63) is 46.4 Å². The maximum absolute atomic E-state index is 11.8. The predicted octanol–water partition coefficient (Wildman–Crippen LogP) is 2.03. The Labute approximate surface area is 159 Å². The molecule has 0 aromatic carbocycles. The van der Waals surface area contributed by atoms with E-state index in [2.05, 4.69) is 25.3 Å². The van der Waals surface area contributed by atoms with Crippen molar-refractivity contribution in [3.63, 3.8) is 0 Å². The molecule has 0 aliphatic rings. The number of hydrogen-bond donors (Lipinski definition) is 2. The first kappa shape index (κ1) is 18.5. The number of esters is 1. The maximum atomic E-state index is 11.8. The minimum absolute atomic E-state index is 0.324. The van der Waals surface area contributed by atoms with Gasteiger partial charge in [0.05, 0.1) is 24.5 Å². The van der Waals surface area contributed by atoms with E-state index in [1.165, 1.54) is 17.5 Å². The zero-order valence-corrected chi connectivity index (χ0v) is 15.7. The van der Waals surface area contributed by atoms with Gasteiger partial charge in [-0.2, -0.15) is 4.98 Å². The summed E-state index contributed by atoms with van der Waals surface area (Å²) in [6.07, 6.45) is 6.60. The number of thiazole rings is 1. The molecule has 0 unspecified atom stereocenters. The summed E-state index contributed by atoms with van der Waals surface area (Å²) in [5.41, 5.74) is 7.65. The van der Waals surface area contributed by atoms with E-state index in [0.29, 0.717) is 29.8 Å². The third-order valence-corrected chi connectivity index (χ3v) is 4.41. The number of allylic oxidation sites excluding steroid dienone is 1. The van der Waals surface area contributed by atoms with E-state index in [9.17, 15) is 4.79 Å². The number of nitrogens with zero attached hydrogens (tertiary/aromatic N) is 5. The lowest BCUT2D eigenvalue weighted by molar-refractivity contribution is 0.0525. The number of hydrogen-bond acceptors (Lipinski definition) is 9. The van der Waals surface area contributed by atoms with Crippen LogP contribution in [0.3, 0.4) is 0 Å². The highest BCUT2D eigenvalue weighted by molar-refractivity contribution is 7.11. The number of anilines is 1. The first-order valence-corrected chi connectivity index (χ1v) is 9.07. The summed E-state index contributed by atoms with van der Waals surface area (Å²) in [6, 6.07) is 1.92. The highest BCUT2D eigenvalue weighted by Gasteiger charge is 2.13. The highest BCUT2D eigenvalue weighted by Crippen LogP contribution is 2.18. The van der Waals surface area contributed by atoms with E-state index in [4.69, 9.17) is 10.5 Å². The van der Waals surface area contributed by atoms with Gasteiger partial charge in [0.2, 0.25) is 11.0 Å². The lowest BCUT2D eigenvalue weighted by Gasteiger charge is -2.06. The van der Waals surface area contributed by atoms with E-state index in [1.807, 2.05) is 22.2 Å². The van der Waals surface area contributed by atoms with Gasteiger partial charge in [0.15, 0.2) is 0 Å². The monoisotopic (exact) mass is 385 g/mol. The average molecular weight is 385 g/mol. The van der Waals surface area contributed by atoms with Gasteiger partial charge >= 0.3 is 5.97 Å². The molecule has 140 valence electrons. The van der Waals surface area contributed by atoms with Crippen LogP contribution in [0.4, 0.5) is 5.95 Å². The number of carbonyl (C=O) groups excluding carboxylic acids is 1. The first-order chi connectivity index (χ1) is 13.1. The molecule has 0 saturated heterocycles. The number of nitrogens with one attached hydrogen (secondary N) is 1. The molecule has 3 N–H and O–H groups in total. The molecular weight excluding hydrogens is 366 g/mol. The Kier molecular flexibility index (Phi) is 5.77. The molecule has 0 aliphatic heterocycles. The van der Waals surface area contributed by atoms with Crippen LogP contribution in [0.15, 0.2) is 40.7 Å². The van der Waals surface area contributed by atoms with Gasteiger partial charge in [0.25, 0.3) is 0 Å². The zero-order valence-electron chi connectivity index (χ0n) is 14.9. The Balaban J connectivity index is 1.83. The number of aromatic nitrogens is 4. The number of rotatable bonds is 7. The number of fused-ring (bicyclic) bond motifs is 1. The lowest BCUT2D eigenvalue weighted by Crippen LogP contribution is -2.08. The SMILES string of the molecule is CCOC(=O)c1nc(Cn2ccc3cnc(NC(C=NC)=CN)nc32)cs1. The van der Waals surface area contributed by atoms with Crippen LogP contribution >= 0.6 is 11.3 Å². The summed E-state index contributed by atoms with van der Waals surface area (Å²) in [5.74, 6) is 0.00292. The number of carbonyl (C=O) groups is 1. The van der Waals surface area contributed by atoms with Crippen LogP contribution in [0.25, 0.3) is 11.0 Å². The molecule has 3 aromatic heterocycles. The fourth-order valence-electron chi connectivity index (χ4n) is 2.38. The Morgan fingerprint density at radius 2 is 2.33 bits per heavy atom. The van der Waals surface area contributed by atoms with Crippen molar-refractivity contribution < 1.29 is 9.53 Å². The van der Waals surface area contributed by atoms with Crippen LogP contribution in [-0.4, -0.2) is 45.4 Å². The summed E-state index contributed by atoms with van der Waals surface area (Å²) < 4.78 is 6.91. The van der Waals surface area contributed by atoms with E-state index >= 15 is 0 Å². The third-order valence-electron chi connectivity index (χ3n) is 3.54. The molecule has 0 atom stereocenters. The second kappa shape index (κ2) is 8.41. The molecule has 0 radical (unpaired) electrons. The Bertz CT molecular complexity index is 1010. The van der Waals surface area contributed by atoms with E-state index in [0.717, 1.165) is 16.7 Å². The topological polar surface area (TPSA) is 120 Å². The van der Waals surface area contributed by atoms with Crippen LogP contribution in [0.2, 0.25) is 0 Å². The molecule has 10 heteroatoms. The Morgan fingerprint density at radius 3 is 3.07 bits per heavy atom. The van der Waals surface area contributed by atoms with E-state index < -0.39 is 5.97 Å². The van der Waals surface area contributed by atoms with Crippen molar-refractivity contribution in [3.8, 4) is 0 Å². The molecule has 3 aromatic rings. The average Bonchev–Trinajstić information content (AvgIpc) is 3.29. The number of aliphatic imine (C=N–C) groups is 1. The largest absolute Gasteiger partial charge is 0.461 e. The number of nitrogens with two attached hydrogens (primary N) is 1. The Hall–Kier alpha value is -3.27. The van der Waals surface area contributed by atoms with Crippen LogP contribution in [0, 0.1) is 0 Å². The molecule has 0 fully saturated rings. The molecule has 0 amide bonds. The summed E-state index contributed by atoms with van der Waals surface area (Å²) in [5, 5.41) is 6.09. The highest BCUT2D eigenvalue weighted by atomic mass is 32.1. The van der Waals surface area contributed by atoms with Gasteiger partial charge < -0.3 is 20.4 Å². The summed E-state index contributed by atoms with van der Waals surface area (Å²) >= 11 is 1.26. The molecule has 3 rings (SSSR count). The molecule has 9 nitrogen and oxygen atoms in total. The number of ether oxygens (including phenoxy) is 1. The Morgan fingerprint density at radius 1 is 1.48 bits per heavy atom. The molecule has 3 heterocycles. The standard InChI is InChI=1S/C17H19N7O2S/c1-3-26-16(25)15-21-13(10-27-15)9-24-5-4-11-7-20-17(23-14(11)24)22-12(6-18)8-19-2/h4-8,10H,3,9,18H2,1-2H3,(H,20,22,23). The normalized spacial score (nSPS) is 12.0. The summed E-state index contributed by atoms with van der Waals surface area (Å²) in [7, 11) is 1.65. The van der Waals surface area contributed by atoms with Gasteiger partial charge in [-0.1, -0.05) is 0 Å². The quantitative estimate of drug-likeness (QED) is 0.471. The fourth-order valence-corrected chi connectivity index (χ4v) is 3.08. The summed E-state index contributed by atoms with van der Waals surface area (Å²) in [4.78, 5) is 28.8. The lowest BCUT2D eigenvalue weighted by atomic mass is 10.4. The van der Waals surface area contributed by atoms with Crippen molar-refractivity contribution in [2.24, 2.45) is 10.7 Å².